The Morgan fingerprint density at radius 3 is 2.74 bits per heavy atom. The molecule has 0 saturated carbocycles. The molecule has 2 aromatic rings. The van der Waals surface area contributed by atoms with Crippen LogP contribution in [0.5, 0.6) is 5.75 Å². The van der Waals surface area contributed by atoms with Crippen LogP contribution in [0.3, 0.4) is 0 Å². The van der Waals surface area contributed by atoms with Crippen LogP contribution in [0.4, 0.5) is 0 Å². The van der Waals surface area contributed by atoms with Gasteiger partial charge in [-0.15, -0.1) is 11.6 Å². The number of alkyl halides is 1. The second-order valence-electron chi connectivity index (χ2n) is 5.57. The number of carbonyl (C=O) groups is 1. The minimum absolute atomic E-state index is 0.139. The summed E-state index contributed by atoms with van der Waals surface area (Å²) < 4.78 is 11.2. The Hall–Kier alpha value is -1.94. The summed E-state index contributed by atoms with van der Waals surface area (Å²) in [6.45, 7) is 5.00. The van der Waals surface area contributed by atoms with E-state index < -0.39 is 0 Å². The van der Waals surface area contributed by atoms with Crippen LogP contribution < -0.4 is 4.74 Å². The number of hydrogen-bond donors (Lipinski definition) is 0. The van der Waals surface area contributed by atoms with E-state index in [4.69, 9.17) is 20.8 Å². The number of furan rings is 1. The Morgan fingerprint density at radius 2 is 2.09 bits per heavy atom. The molecule has 1 heterocycles. The monoisotopic (exact) mass is 335 g/mol. The highest BCUT2D eigenvalue weighted by Crippen LogP contribution is 2.18. The second-order valence-corrected chi connectivity index (χ2v) is 5.84. The van der Waals surface area contributed by atoms with Gasteiger partial charge in [-0.3, -0.25) is 4.79 Å². The van der Waals surface area contributed by atoms with Gasteiger partial charge < -0.3 is 14.1 Å². The number of nitrogens with zero attached hydrogens (tertiary/aromatic N) is 1. The summed E-state index contributed by atoms with van der Waals surface area (Å²) >= 11 is 5.80. The van der Waals surface area contributed by atoms with Crippen LogP contribution in [-0.4, -0.2) is 31.0 Å². The van der Waals surface area contributed by atoms with Gasteiger partial charge in [-0.05, 0) is 44.0 Å². The fourth-order valence-electron chi connectivity index (χ4n) is 2.24. The first-order valence-electron chi connectivity index (χ1n) is 7.61. The van der Waals surface area contributed by atoms with Gasteiger partial charge in [-0.2, -0.15) is 0 Å². The normalized spacial score (nSPS) is 10.6. The molecule has 23 heavy (non-hydrogen) atoms. The standard InChI is InChI=1S/C18H22ClNO3/c1-13-6-4-7-16(10-13)22-9-5-8-20(3)18(21)17-11-15(12-19)14(2)23-17/h4,6-7,10-11H,5,8-9,12H2,1-3H3. The van der Waals surface area contributed by atoms with Crippen molar-refractivity contribution in [3.63, 3.8) is 0 Å². The Morgan fingerprint density at radius 1 is 1.30 bits per heavy atom. The summed E-state index contributed by atoms with van der Waals surface area (Å²) in [5, 5.41) is 0. The molecule has 0 aliphatic rings. The maximum Gasteiger partial charge on any atom is 0.289 e. The van der Waals surface area contributed by atoms with Crippen molar-refractivity contribution in [3.8, 4) is 5.75 Å². The molecule has 124 valence electrons. The zero-order valence-electron chi connectivity index (χ0n) is 13.8. The summed E-state index contributed by atoms with van der Waals surface area (Å²) in [5.74, 6) is 2.09. The van der Waals surface area contributed by atoms with E-state index in [1.165, 1.54) is 0 Å². The van der Waals surface area contributed by atoms with E-state index in [1.54, 1.807) is 18.0 Å². The van der Waals surface area contributed by atoms with Crippen molar-refractivity contribution in [1.29, 1.82) is 0 Å². The molecular weight excluding hydrogens is 314 g/mol. The fraction of sp³-hybridized carbons (Fsp3) is 0.389. The smallest absolute Gasteiger partial charge is 0.289 e. The van der Waals surface area contributed by atoms with Crippen molar-refractivity contribution in [1.82, 2.24) is 4.90 Å². The highest BCUT2D eigenvalue weighted by atomic mass is 35.5. The molecule has 0 aliphatic heterocycles. The molecule has 1 aromatic carbocycles. The highest BCUT2D eigenvalue weighted by Gasteiger charge is 2.17. The van der Waals surface area contributed by atoms with Crippen LogP contribution in [0.25, 0.3) is 0 Å². The topological polar surface area (TPSA) is 42.7 Å². The maximum absolute atomic E-state index is 12.3. The first kappa shape index (κ1) is 17.4. The van der Waals surface area contributed by atoms with Gasteiger partial charge in [0.1, 0.15) is 11.5 Å². The molecule has 0 atom stereocenters. The molecule has 4 nitrogen and oxygen atoms in total. The zero-order chi connectivity index (χ0) is 16.8. The van der Waals surface area contributed by atoms with Crippen LogP contribution in [0.2, 0.25) is 0 Å². The summed E-state index contributed by atoms with van der Waals surface area (Å²) in [6, 6.07) is 9.63. The van der Waals surface area contributed by atoms with E-state index in [2.05, 4.69) is 0 Å². The Bertz CT molecular complexity index is 666. The van der Waals surface area contributed by atoms with Crippen molar-refractivity contribution in [2.24, 2.45) is 0 Å². The third-order valence-corrected chi connectivity index (χ3v) is 3.91. The number of ether oxygens (including phenoxy) is 1. The molecule has 0 unspecified atom stereocenters. The second kappa shape index (κ2) is 8.06. The molecule has 1 amide bonds. The minimum Gasteiger partial charge on any atom is -0.494 e. The van der Waals surface area contributed by atoms with Crippen molar-refractivity contribution in [3.05, 3.63) is 53.0 Å². The number of carbonyl (C=O) groups excluding carboxylic acids is 1. The van der Waals surface area contributed by atoms with Gasteiger partial charge >= 0.3 is 0 Å². The lowest BCUT2D eigenvalue weighted by molar-refractivity contribution is 0.0755. The number of rotatable bonds is 7. The molecule has 0 fully saturated rings. The third kappa shape index (κ3) is 4.76. The van der Waals surface area contributed by atoms with Gasteiger partial charge in [-0.1, -0.05) is 12.1 Å². The molecule has 0 N–H and O–H groups in total. The first-order valence-corrected chi connectivity index (χ1v) is 8.15. The van der Waals surface area contributed by atoms with Gasteiger partial charge in [0.15, 0.2) is 5.76 Å². The SMILES string of the molecule is Cc1cccc(OCCCN(C)C(=O)c2cc(CCl)c(C)o2)c1. The van der Waals surface area contributed by atoms with E-state index in [9.17, 15) is 4.79 Å². The van der Waals surface area contributed by atoms with E-state index >= 15 is 0 Å². The van der Waals surface area contributed by atoms with Gasteiger partial charge in [0.25, 0.3) is 5.91 Å². The van der Waals surface area contributed by atoms with Crippen molar-refractivity contribution >= 4 is 17.5 Å². The van der Waals surface area contributed by atoms with Crippen molar-refractivity contribution < 1.29 is 13.9 Å². The number of benzene rings is 1. The minimum atomic E-state index is -0.139. The maximum atomic E-state index is 12.3. The molecule has 0 bridgehead atoms. The lowest BCUT2D eigenvalue weighted by Crippen LogP contribution is -2.28. The van der Waals surface area contributed by atoms with E-state index in [-0.39, 0.29) is 5.91 Å². The van der Waals surface area contributed by atoms with E-state index in [0.29, 0.717) is 30.6 Å². The van der Waals surface area contributed by atoms with Crippen molar-refractivity contribution in [2.75, 3.05) is 20.2 Å². The molecular formula is C18H22ClNO3. The van der Waals surface area contributed by atoms with Crippen LogP contribution in [0.15, 0.2) is 34.7 Å². The Balaban J connectivity index is 1.79. The summed E-state index contributed by atoms with van der Waals surface area (Å²) in [6.07, 6.45) is 0.748. The lowest BCUT2D eigenvalue weighted by Gasteiger charge is -2.16. The quantitative estimate of drug-likeness (QED) is 0.563. The lowest BCUT2D eigenvalue weighted by atomic mass is 10.2. The van der Waals surface area contributed by atoms with Crippen LogP contribution >= 0.6 is 11.6 Å². The Labute approximate surface area is 142 Å². The number of halogens is 1. The number of amides is 1. The highest BCUT2D eigenvalue weighted by molar-refractivity contribution is 6.17. The molecule has 5 heteroatoms. The largest absolute Gasteiger partial charge is 0.494 e. The predicted molar refractivity (Wildman–Crippen MR) is 91.3 cm³/mol. The first-order chi connectivity index (χ1) is 11.0. The van der Waals surface area contributed by atoms with Crippen molar-refractivity contribution in [2.45, 2.75) is 26.1 Å². The molecule has 0 spiro atoms. The van der Waals surface area contributed by atoms with Crippen LogP contribution in [0.1, 0.15) is 33.9 Å². The Kier molecular flexibility index (Phi) is 6.11. The third-order valence-electron chi connectivity index (χ3n) is 3.62. The number of aryl methyl sites for hydroxylation is 2. The van der Waals surface area contributed by atoms with Gasteiger partial charge in [0.2, 0.25) is 0 Å². The van der Waals surface area contributed by atoms with Gasteiger partial charge in [0.05, 0.1) is 12.5 Å². The fourth-order valence-corrected chi connectivity index (χ4v) is 2.51. The zero-order valence-corrected chi connectivity index (χ0v) is 14.5. The number of hydrogen-bond acceptors (Lipinski definition) is 3. The molecule has 0 radical (unpaired) electrons. The van der Waals surface area contributed by atoms with Crippen LogP contribution in [-0.2, 0) is 5.88 Å². The molecule has 0 aliphatic carbocycles. The van der Waals surface area contributed by atoms with E-state index in [1.807, 2.05) is 38.1 Å². The van der Waals surface area contributed by atoms with Gasteiger partial charge in [0, 0.05) is 19.2 Å². The summed E-state index contributed by atoms with van der Waals surface area (Å²) in [7, 11) is 1.76. The van der Waals surface area contributed by atoms with Gasteiger partial charge in [-0.25, -0.2) is 0 Å². The average Bonchev–Trinajstić information content (AvgIpc) is 2.91. The van der Waals surface area contributed by atoms with E-state index in [0.717, 1.165) is 23.3 Å². The summed E-state index contributed by atoms with van der Waals surface area (Å²) in [4.78, 5) is 13.9. The average molecular weight is 336 g/mol. The molecule has 1 aromatic heterocycles. The molecule has 2 rings (SSSR count). The van der Waals surface area contributed by atoms with Crippen LogP contribution in [0, 0.1) is 13.8 Å². The predicted octanol–water partition coefficient (Wildman–Crippen LogP) is 4.18. The molecule has 0 saturated heterocycles. The summed E-state index contributed by atoms with van der Waals surface area (Å²) in [5.41, 5.74) is 2.02.